The highest BCUT2D eigenvalue weighted by Gasteiger charge is 2.46. The second kappa shape index (κ2) is 2.72. The molecule has 0 aromatic heterocycles. The summed E-state index contributed by atoms with van der Waals surface area (Å²) in [6, 6.07) is 4.92. The fraction of sp³-hybridized carbons (Fsp3) is 0.909. The van der Waals surface area contributed by atoms with Gasteiger partial charge in [-0.05, 0) is 38.5 Å². The van der Waals surface area contributed by atoms with Gasteiger partial charge in [0.15, 0.2) is 0 Å². The largest absolute Gasteiger partial charge is 0.294 e. The zero-order valence-electron chi connectivity index (χ0n) is 7.95. The molecule has 2 heterocycles. The molecule has 0 radical (unpaired) electrons. The Morgan fingerprint density at radius 2 is 1.46 bits per heavy atom. The van der Waals surface area contributed by atoms with Gasteiger partial charge in [-0.2, -0.15) is 5.26 Å². The van der Waals surface area contributed by atoms with E-state index in [0.717, 1.165) is 31.0 Å². The molecular weight excluding hydrogens is 160 g/mol. The van der Waals surface area contributed by atoms with Gasteiger partial charge in [-0.1, -0.05) is 0 Å². The standard InChI is InChI=1S/C11H16N2/c12-7-8-5-10-3-4-11(6-8)13(10)9-1-2-9/h8-11H,1-6H2. The second-order valence-electron chi connectivity index (χ2n) is 4.86. The van der Waals surface area contributed by atoms with Crippen LogP contribution in [0.25, 0.3) is 0 Å². The number of fused-ring (bicyclic) bond motifs is 2. The van der Waals surface area contributed by atoms with Gasteiger partial charge in [0.05, 0.1) is 6.07 Å². The predicted molar refractivity (Wildman–Crippen MR) is 50.0 cm³/mol. The van der Waals surface area contributed by atoms with Crippen LogP contribution in [0.4, 0.5) is 0 Å². The van der Waals surface area contributed by atoms with Gasteiger partial charge in [0, 0.05) is 24.0 Å². The van der Waals surface area contributed by atoms with Gasteiger partial charge in [0.25, 0.3) is 0 Å². The van der Waals surface area contributed by atoms with Crippen LogP contribution in [0.15, 0.2) is 0 Å². The molecule has 2 saturated heterocycles. The molecule has 2 unspecified atom stereocenters. The normalized spacial score (nSPS) is 44.7. The Morgan fingerprint density at radius 3 is 1.92 bits per heavy atom. The topological polar surface area (TPSA) is 27.0 Å². The van der Waals surface area contributed by atoms with Crippen molar-refractivity contribution in [3.63, 3.8) is 0 Å². The zero-order valence-corrected chi connectivity index (χ0v) is 7.95. The van der Waals surface area contributed by atoms with Gasteiger partial charge in [-0.3, -0.25) is 4.90 Å². The van der Waals surface area contributed by atoms with E-state index in [4.69, 9.17) is 5.26 Å². The summed E-state index contributed by atoms with van der Waals surface area (Å²) in [5.74, 6) is 0.368. The molecule has 2 aliphatic heterocycles. The highest BCUT2D eigenvalue weighted by molar-refractivity contribution is 5.05. The van der Waals surface area contributed by atoms with Crippen LogP contribution in [0.3, 0.4) is 0 Å². The summed E-state index contributed by atoms with van der Waals surface area (Å²) >= 11 is 0. The fourth-order valence-electron chi connectivity index (χ4n) is 3.29. The first-order valence-corrected chi connectivity index (χ1v) is 5.55. The first-order valence-electron chi connectivity index (χ1n) is 5.55. The lowest BCUT2D eigenvalue weighted by Crippen LogP contribution is -2.43. The molecule has 1 saturated carbocycles. The van der Waals surface area contributed by atoms with Crippen molar-refractivity contribution in [1.82, 2.24) is 4.90 Å². The third-order valence-corrected chi connectivity index (χ3v) is 3.94. The Labute approximate surface area is 79.5 Å². The SMILES string of the molecule is N#CC1CC2CCC(C1)N2C1CC1. The van der Waals surface area contributed by atoms with Crippen LogP contribution >= 0.6 is 0 Å². The number of rotatable bonds is 1. The number of piperidine rings is 1. The Bertz CT molecular complexity index is 237. The molecule has 0 aromatic carbocycles. The van der Waals surface area contributed by atoms with E-state index in [2.05, 4.69) is 11.0 Å². The first kappa shape index (κ1) is 7.82. The van der Waals surface area contributed by atoms with Gasteiger partial charge < -0.3 is 0 Å². The minimum absolute atomic E-state index is 0.368. The summed E-state index contributed by atoms with van der Waals surface area (Å²) in [7, 11) is 0. The maximum Gasteiger partial charge on any atom is 0.0657 e. The van der Waals surface area contributed by atoms with Crippen LogP contribution in [0.1, 0.15) is 38.5 Å². The Hall–Kier alpha value is -0.550. The van der Waals surface area contributed by atoms with Gasteiger partial charge in [0.2, 0.25) is 0 Å². The summed E-state index contributed by atoms with van der Waals surface area (Å²) in [5.41, 5.74) is 0. The Morgan fingerprint density at radius 1 is 0.923 bits per heavy atom. The second-order valence-corrected chi connectivity index (χ2v) is 4.86. The van der Waals surface area contributed by atoms with Crippen molar-refractivity contribution < 1.29 is 0 Å². The molecule has 3 aliphatic rings. The molecule has 0 spiro atoms. The summed E-state index contributed by atoms with van der Waals surface area (Å²) in [6.07, 6.45) is 7.88. The van der Waals surface area contributed by atoms with Gasteiger partial charge in [-0.15, -0.1) is 0 Å². The maximum absolute atomic E-state index is 8.93. The van der Waals surface area contributed by atoms with Crippen molar-refractivity contribution >= 4 is 0 Å². The molecule has 3 rings (SSSR count). The molecule has 3 fully saturated rings. The van der Waals surface area contributed by atoms with Gasteiger partial charge >= 0.3 is 0 Å². The highest BCUT2D eigenvalue weighted by atomic mass is 15.3. The van der Waals surface area contributed by atoms with Crippen molar-refractivity contribution in [2.24, 2.45) is 5.92 Å². The van der Waals surface area contributed by atoms with Crippen molar-refractivity contribution in [3.8, 4) is 6.07 Å². The van der Waals surface area contributed by atoms with E-state index in [-0.39, 0.29) is 0 Å². The molecule has 1 aliphatic carbocycles. The third kappa shape index (κ3) is 1.18. The molecule has 2 nitrogen and oxygen atoms in total. The summed E-state index contributed by atoms with van der Waals surface area (Å²) in [5, 5.41) is 8.93. The summed E-state index contributed by atoms with van der Waals surface area (Å²) in [4.78, 5) is 2.74. The van der Waals surface area contributed by atoms with E-state index in [1.54, 1.807) is 0 Å². The highest BCUT2D eigenvalue weighted by Crippen LogP contribution is 2.44. The van der Waals surface area contributed by atoms with Crippen LogP contribution < -0.4 is 0 Å². The molecular formula is C11H16N2. The molecule has 13 heavy (non-hydrogen) atoms. The third-order valence-electron chi connectivity index (χ3n) is 3.94. The summed E-state index contributed by atoms with van der Waals surface area (Å²) < 4.78 is 0. The van der Waals surface area contributed by atoms with Crippen LogP contribution in [0.5, 0.6) is 0 Å². The average molecular weight is 176 g/mol. The molecule has 2 atom stereocenters. The average Bonchev–Trinajstić information content (AvgIpc) is 2.95. The van der Waals surface area contributed by atoms with E-state index in [9.17, 15) is 0 Å². The predicted octanol–water partition coefficient (Wildman–Crippen LogP) is 1.92. The summed E-state index contributed by atoms with van der Waals surface area (Å²) in [6.45, 7) is 0. The van der Waals surface area contributed by atoms with E-state index in [1.807, 2.05) is 0 Å². The van der Waals surface area contributed by atoms with Crippen molar-refractivity contribution in [1.29, 1.82) is 5.26 Å². The quantitative estimate of drug-likeness (QED) is 0.610. The molecule has 2 heteroatoms. The number of hydrogen-bond acceptors (Lipinski definition) is 2. The lowest BCUT2D eigenvalue weighted by atomic mass is 9.92. The van der Waals surface area contributed by atoms with Gasteiger partial charge in [-0.25, -0.2) is 0 Å². The monoisotopic (exact) mass is 176 g/mol. The lowest BCUT2D eigenvalue weighted by molar-refractivity contribution is 0.112. The van der Waals surface area contributed by atoms with Crippen LogP contribution in [-0.4, -0.2) is 23.0 Å². The zero-order chi connectivity index (χ0) is 8.84. The van der Waals surface area contributed by atoms with Crippen LogP contribution in [0.2, 0.25) is 0 Å². The smallest absolute Gasteiger partial charge is 0.0657 e. The maximum atomic E-state index is 8.93. The van der Waals surface area contributed by atoms with Crippen LogP contribution in [0, 0.1) is 17.2 Å². The number of nitriles is 1. The number of hydrogen-bond donors (Lipinski definition) is 0. The van der Waals surface area contributed by atoms with Crippen LogP contribution in [-0.2, 0) is 0 Å². The molecule has 70 valence electrons. The first-order chi connectivity index (χ1) is 6.38. The minimum Gasteiger partial charge on any atom is -0.294 e. The van der Waals surface area contributed by atoms with Crippen molar-refractivity contribution in [2.45, 2.75) is 56.7 Å². The van der Waals surface area contributed by atoms with E-state index in [1.165, 1.54) is 25.7 Å². The van der Waals surface area contributed by atoms with E-state index >= 15 is 0 Å². The molecule has 0 aromatic rings. The van der Waals surface area contributed by atoms with E-state index in [0.29, 0.717) is 5.92 Å². The number of nitrogens with zero attached hydrogens (tertiary/aromatic N) is 2. The molecule has 2 bridgehead atoms. The van der Waals surface area contributed by atoms with Gasteiger partial charge in [0.1, 0.15) is 0 Å². The molecule has 0 N–H and O–H groups in total. The Kier molecular flexibility index (Phi) is 1.63. The molecule has 0 amide bonds. The minimum atomic E-state index is 0.368. The van der Waals surface area contributed by atoms with Crippen molar-refractivity contribution in [3.05, 3.63) is 0 Å². The van der Waals surface area contributed by atoms with E-state index < -0.39 is 0 Å². The Balaban J connectivity index is 1.77. The van der Waals surface area contributed by atoms with Crippen molar-refractivity contribution in [2.75, 3.05) is 0 Å². The fourth-order valence-corrected chi connectivity index (χ4v) is 3.29. The lowest BCUT2D eigenvalue weighted by Gasteiger charge is -2.36.